The summed E-state index contributed by atoms with van der Waals surface area (Å²) in [7, 11) is 0. The van der Waals surface area contributed by atoms with Crippen LogP contribution in [0.1, 0.15) is 0 Å². The largest absolute Gasteiger partial charge is 0.304 e. The molecule has 0 N–H and O–H groups in total. The number of hydrogen-bond donors (Lipinski definition) is 0. The van der Waals surface area contributed by atoms with Gasteiger partial charge in [0.05, 0.1) is 15.7 Å². The van der Waals surface area contributed by atoms with Crippen molar-refractivity contribution < 1.29 is 8.78 Å². The van der Waals surface area contributed by atoms with Crippen LogP contribution in [0.5, 0.6) is 0 Å². The Bertz CT molecular complexity index is 784. The van der Waals surface area contributed by atoms with Crippen LogP contribution < -0.4 is 0 Å². The van der Waals surface area contributed by atoms with E-state index in [-0.39, 0.29) is 15.9 Å². The molecule has 1 aromatic carbocycles. The standard InChI is InChI=1S/C13H6Cl2F2N2/c14-9-4-10(15)11(17)3-8(9)12-6-19-5-7(16)1-2-13(19)18-12/h1-6H. The molecule has 0 fully saturated rings. The van der Waals surface area contributed by atoms with E-state index in [2.05, 4.69) is 4.98 Å². The van der Waals surface area contributed by atoms with Crippen LogP contribution in [0.15, 0.2) is 36.7 Å². The summed E-state index contributed by atoms with van der Waals surface area (Å²) in [5, 5.41) is 0.235. The second-order valence-electron chi connectivity index (χ2n) is 3.99. The Morgan fingerprint density at radius 2 is 1.79 bits per heavy atom. The van der Waals surface area contributed by atoms with Crippen molar-refractivity contribution in [3.05, 3.63) is 58.3 Å². The molecule has 3 rings (SSSR count). The molecule has 0 radical (unpaired) electrons. The molecule has 19 heavy (non-hydrogen) atoms. The predicted octanol–water partition coefficient (Wildman–Crippen LogP) is 4.59. The van der Waals surface area contributed by atoms with E-state index >= 15 is 0 Å². The van der Waals surface area contributed by atoms with Crippen molar-refractivity contribution in [1.29, 1.82) is 0 Å². The molecule has 2 heterocycles. The van der Waals surface area contributed by atoms with Crippen molar-refractivity contribution in [1.82, 2.24) is 9.38 Å². The predicted molar refractivity (Wildman–Crippen MR) is 70.6 cm³/mol. The SMILES string of the molecule is Fc1ccc2nc(-c3cc(F)c(Cl)cc3Cl)cn2c1. The van der Waals surface area contributed by atoms with Crippen LogP contribution in [0.2, 0.25) is 10.0 Å². The molecule has 0 saturated carbocycles. The number of rotatable bonds is 1. The van der Waals surface area contributed by atoms with Gasteiger partial charge in [-0.3, -0.25) is 0 Å². The van der Waals surface area contributed by atoms with Crippen LogP contribution in [0.4, 0.5) is 8.78 Å². The maximum Gasteiger partial charge on any atom is 0.142 e. The number of imidazole rings is 1. The molecule has 0 unspecified atom stereocenters. The fourth-order valence-electron chi connectivity index (χ4n) is 1.81. The Morgan fingerprint density at radius 1 is 1.00 bits per heavy atom. The summed E-state index contributed by atoms with van der Waals surface area (Å²) in [5.41, 5.74) is 1.40. The van der Waals surface area contributed by atoms with E-state index in [0.29, 0.717) is 16.9 Å². The van der Waals surface area contributed by atoms with Gasteiger partial charge in [0.2, 0.25) is 0 Å². The average Bonchev–Trinajstić information content (AvgIpc) is 2.76. The van der Waals surface area contributed by atoms with Gasteiger partial charge in [0.15, 0.2) is 0 Å². The molecule has 0 aliphatic rings. The van der Waals surface area contributed by atoms with Crippen molar-refractivity contribution in [2.45, 2.75) is 0 Å². The summed E-state index contributed by atoms with van der Waals surface area (Å²) >= 11 is 11.7. The number of fused-ring (bicyclic) bond motifs is 1. The minimum absolute atomic E-state index is 0.0523. The van der Waals surface area contributed by atoms with Gasteiger partial charge in [-0.15, -0.1) is 0 Å². The maximum atomic E-state index is 13.5. The highest BCUT2D eigenvalue weighted by Gasteiger charge is 2.12. The summed E-state index contributed by atoms with van der Waals surface area (Å²) in [6.07, 6.45) is 2.86. The fourth-order valence-corrected chi connectivity index (χ4v) is 2.29. The van der Waals surface area contributed by atoms with Gasteiger partial charge in [-0.2, -0.15) is 0 Å². The highest BCUT2D eigenvalue weighted by atomic mass is 35.5. The molecule has 0 aliphatic heterocycles. The van der Waals surface area contributed by atoms with Crippen molar-refractivity contribution in [2.24, 2.45) is 0 Å². The quantitative estimate of drug-likeness (QED) is 0.601. The number of halogens is 4. The number of pyridine rings is 1. The zero-order valence-electron chi connectivity index (χ0n) is 9.37. The van der Waals surface area contributed by atoms with Crippen molar-refractivity contribution >= 4 is 28.8 Å². The Hall–Kier alpha value is -1.65. The van der Waals surface area contributed by atoms with Gasteiger partial charge >= 0.3 is 0 Å². The maximum absolute atomic E-state index is 13.5. The molecule has 2 aromatic heterocycles. The van der Waals surface area contributed by atoms with Crippen LogP contribution in [0.3, 0.4) is 0 Å². The average molecular weight is 299 g/mol. The Morgan fingerprint density at radius 3 is 2.58 bits per heavy atom. The van der Waals surface area contributed by atoms with Gasteiger partial charge < -0.3 is 4.40 Å². The van der Waals surface area contributed by atoms with Crippen molar-refractivity contribution in [2.75, 3.05) is 0 Å². The van der Waals surface area contributed by atoms with Gasteiger partial charge in [-0.1, -0.05) is 23.2 Å². The molecular weight excluding hydrogens is 293 g/mol. The molecule has 0 amide bonds. The van der Waals surface area contributed by atoms with Crippen molar-refractivity contribution in [3.63, 3.8) is 0 Å². The van der Waals surface area contributed by atoms with Gasteiger partial charge in [-0.25, -0.2) is 13.8 Å². The zero-order valence-corrected chi connectivity index (χ0v) is 10.9. The lowest BCUT2D eigenvalue weighted by atomic mass is 10.1. The molecule has 0 aliphatic carbocycles. The molecule has 0 atom stereocenters. The minimum Gasteiger partial charge on any atom is -0.304 e. The van der Waals surface area contributed by atoms with E-state index < -0.39 is 5.82 Å². The fraction of sp³-hybridized carbons (Fsp3) is 0. The molecular formula is C13H6Cl2F2N2. The van der Waals surface area contributed by atoms with E-state index in [4.69, 9.17) is 23.2 Å². The second-order valence-corrected chi connectivity index (χ2v) is 4.80. The summed E-state index contributed by atoms with van der Waals surface area (Å²) in [5.74, 6) is -0.964. The highest BCUT2D eigenvalue weighted by Crippen LogP contribution is 2.31. The van der Waals surface area contributed by atoms with Gasteiger partial charge in [-0.05, 0) is 24.3 Å². The molecule has 6 heteroatoms. The monoisotopic (exact) mass is 298 g/mol. The van der Waals surface area contributed by atoms with Gasteiger partial charge in [0.1, 0.15) is 17.3 Å². The lowest BCUT2D eigenvalue weighted by Gasteiger charge is -2.02. The zero-order chi connectivity index (χ0) is 13.6. The molecule has 96 valence electrons. The lowest BCUT2D eigenvalue weighted by molar-refractivity contribution is 0.619. The first-order valence-electron chi connectivity index (χ1n) is 5.34. The van der Waals surface area contributed by atoms with Crippen LogP contribution in [0, 0.1) is 11.6 Å². The molecule has 3 aromatic rings. The van der Waals surface area contributed by atoms with Crippen LogP contribution in [-0.4, -0.2) is 9.38 Å². The van der Waals surface area contributed by atoms with E-state index in [1.165, 1.54) is 34.9 Å². The van der Waals surface area contributed by atoms with E-state index in [0.717, 1.165) is 0 Å². The third kappa shape index (κ3) is 2.17. The minimum atomic E-state index is -0.579. The van der Waals surface area contributed by atoms with Gasteiger partial charge in [0.25, 0.3) is 0 Å². The third-order valence-corrected chi connectivity index (χ3v) is 3.30. The van der Waals surface area contributed by atoms with Crippen LogP contribution in [-0.2, 0) is 0 Å². The van der Waals surface area contributed by atoms with E-state index in [1.807, 2.05) is 0 Å². The normalized spacial score (nSPS) is 11.2. The summed E-state index contributed by atoms with van der Waals surface area (Å²) in [6, 6.07) is 5.36. The Labute approximate surface area is 117 Å². The molecule has 0 saturated heterocycles. The molecule has 0 bridgehead atoms. The summed E-state index contributed by atoms with van der Waals surface area (Å²) in [4.78, 5) is 4.26. The highest BCUT2D eigenvalue weighted by molar-refractivity contribution is 6.36. The number of hydrogen-bond acceptors (Lipinski definition) is 1. The molecule has 2 nitrogen and oxygen atoms in total. The summed E-state index contributed by atoms with van der Waals surface area (Å²) in [6.45, 7) is 0. The second kappa shape index (κ2) is 4.47. The first kappa shape index (κ1) is 12.4. The lowest BCUT2D eigenvalue weighted by Crippen LogP contribution is -1.84. The summed E-state index contributed by atoms with van der Waals surface area (Å²) < 4.78 is 28.1. The van der Waals surface area contributed by atoms with Crippen LogP contribution >= 0.6 is 23.2 Å². The van der Waals surface area contributed by atoms with Crippen LogP contribution in [0.25, 0.3) is 16.9 Å². The smallest absolute Gasteiger partial charge is 0.142 e. The molecule has 0 spiro atoms. The Balaban J connectivity index is 2.21. The number of aromatic nitrogens is 2. The Kier molecular flexibility index (Phi) is 2.92. The van der Waals surface area contributed by atoms with Crippen molar-refractivity contribution in [3.8, 4) is 11.3 Å². The van der Waals surface area contributed by atoms with E-state index in [1.54, 1.807) is 6.20 Å². The number of benzene rings is 1. The van der Waals surface area contributed by atoms with E-state index in [9.17, 15) is 8.78 Å². The first-order chi connectivity index (χ1) is 9.04. The van der Waals surface area contributed by atoms with Gasteiger partial charge in [0, 0.05) is 18.0 Å². The third-order valence-electron chi connectivity index (χ3n) is 2.70. The topological polar surface area (TPSA) is 17.3 Å². The number of nitrogens with zero attached hydrogens (tertiary/aromatic N) is 2. The first-order valence-corrected chi connectivity index (χ1v) is 6.09.